The predicted octanol–water partition coefficient (Wildman–Crippen LogP) is 2.41. The van der Waals surface area contributed by atoms with E-state index in [0.717, 1.165) is 11.7 Å². The van der Waals surface area contributed by atoms with E-state index in [1.165, 1.54) is 6.07 Å². The summed E-state index contributed by atoms with van der Waals surface area (Å²) in [6.45, 7) is 3.87. The van der Waals surface area contributed by atoms with Crippen LogP contribution in [0.4, 0.5) is 0 Å². The van der Waals surface area contributed by atoms with E-state index in [2.05, 4.69) is 23.7 Å². The fourth-order valence-electron chi connectivity index (χ4n) is 2.79. The van der Waals surface area contributed by atoms with Crippen LogP contribution in [0.3, 0.4) is 0 Å². The summed E-state index contributed by atoms with van der Waals surface area (Å²) in [5, 5.41) is 8.33. The Kier molecular flexibility index (Phi) is 4.17. The lowest BCUT2D eigenvalue weighted by Gasteiger charge is -2.21. The number of hydrogen-bond acceptors (Lipinski definition) is 7. The Morgan fingerprint density at radius 1 is 1.08 bits per heavy atom. The number of pyridine rings is 1. The van der Waals surface area contributed by atoms with Crippen molar-refractivity contribution in [1.29, 1.82) is 0 Å². The standard InChI is InChI=1S/C16H16N6O2S2/c1-10(2)14(16-18-17-13-8-3-4-9-22(13)16)21-26(23,24)12-7-5-6-11-15(12)20-25-19-11/h3-10,14,21H,1-2H3. The molecule has 0 aliphatic heterocycles. The first-order valence-corrected chi connectivity index (χ1v) is 10.2. The third-order valence-electron chi connectivity index (χ3n) is 4.11. The minimum Gasteiger partial charge on any atom is -0.285 e. The average Bonchev–Trinajstić information content (AvgIpc) is 3.26. The molecule has 8 nitrogen and oxygen atoms in total. The number of nitrogens with one attached hydrogen (secondary N) is 1. The molecule has 3 heterocycles. The highest BCUT2D eigenvalue weighted by molar-refractivity contribution is 7.89. The number of nitrogens with zero attached hydrogens (tertiary/aromatic N) is 5. The molecule has 26 heavy (non-hydrogen) atoms. The molecule has 1 N–H and O–H groups in total. The highest BCUT2D eigenvalue weighted by Crippen LogP contribution is 2.26. The monoisotopic (exact) mass is 388 g/mol. The van der Waals surface area contributed by atoms with Gasteiger partial charge < -0.3 is 0 Å². The molecule has 1 aromatic carbocycles. The maximum Gasteiger partial charge on any atom is 0.243 e. The molecule has 0 aliphatic rings. The maximum atomic E-state index is 13.1. The van der Waals surface area contributed by atoms with Gasteiger partial charge in [-0.15, -0.1) is 10.2 Å². The summed E-state index contributed by atoms with van der Waals surface area (Å²) in [7, 11) is -3.82. The zero-order chi connectivity index (χ0) is 18.3. The smallest absolute Gasteiger partial charge is 0.243 e. The van der Waals surface area contributed by atoms with Gasteiger partial charge in [-0.05, 0) is 30.2 Å². The molecule has 0 fully saturated rings. The Balaban J connectivity index is 1.78. The fourth-order valence-corrected chi connectivity index (χ4v) is 4.90. The van der Waals surface area contributed by atoms with E-state index in [1.807, 2.05) is 38.2 Å². The number of hydrogen-bond donors (Lipinski definition) is 1. The average molecular weight is 388 g/mol. The zero-order valence-corrected chi connectivity index (χ0v) is 15.7. The third kappa shape index (κ3) is 2.85. The van der Waals surface area contributed by atoms with Gasteiger partial charge in [-0.3, -0.25) is 4.40 Å². The van der Waals surface area contributed by atoms with Crippen LogP contribution in [-0.4, -0.2) is 31.8 Å². The molecule has 1 atom stereocenters. The van der Waals surface area contributed by atoms with Crippen LogP contribution in [0.2, 0.25) is 0 Å². The van der Waals surface area contributed by atoms with Crippen LogP contribution in [0.5, 0.6) is 0 Å². The molecular weight excluding hydrogens is 372 g/mol. The van der Waals surface area contributed by atoms with Crippen molar-refractivity contribution in [3.8, 4) is 0 Å². The minimum atomic E-state index is -3.82. The Labute approximate surface area is 154 Å². The Morgan fingerprint density at radius 2 is 1.92 bits per heavy atom. The summed E-state index contributed by atoms with van der Waals surface area (Å²) in [6, 6.07) is 9.93. The van der Waals surface area contributed by atoms with Crippen LogP contribution >= 0.6 is 11.7 Å². The van der Waals surface area contributed by atoms with Gasteiger partial charge in [0, 0.05) is 6.20 Å². The highest BCUT2D eigenvalue weighted by atomic mass is 32.2. The first-order chi connectivity index (χ1) is 12.5. The van der Waals surface area contributed by atoms with Gasteiger partial charge in [-0.1, -0.05) is 26.0 Å². The molecular formula is C16H16N6O2S2. The number of rotatable bonds is 5. The second-order valence-electron chi connectivity index (χ2n) is 6.22. The van der Waals surface area contributed by atoms with Crippen LogP contribution in [0.15, 0.2) is 47.5 Å². The molecule has 0 saturated carbocycles. The predicted molar refractivity (Wildman–Crippen MR) is 98.3 cm³/mol. The van der Waals surface area contributed by atoms with Crippen LogP contribution in [0.1, 0.15) is 25.7 Å². The second kappa shape index (κ2) is 6.38. The summed E-state index contributed by atoms with van der Waals surface area (Å²) >= 11 is 0.989. The number of fused-ring (bicyclic) bond motifs is 2. The molecule has 4 rings (SSSR count). The highest BCUT2D eigenvalue weighted by Gasteiger charge is 2.29. The normalized spacial score (nSPS) is 13.7. The maximum absolute atomic E-state index is 13.1. The van der Waals surface area contributed by atoms with Crippen molar-refractivity contribution in [2.75, 3.05) is 0 Å². The Morgan fingerprint density at radius 3 is 2.73 bits per heavy atom. The van der Waals surface area contributed by atoms with Gasteiger partial charge in [0.2, 0.25) is 10.0 Å². The molecule has 3 aromatic heterocycles. The summed E-state index contributed by atoms with van der Waals surface area (Å²) in [5.41, 5.74) is 1.60. The van der Waals surface area contributed by atoms with Crippen LogP contribution < -0.4 is 4.72 Å². The van der Waals surface area contributed by atoms with Crippen LogP contribution in [0, 0.1) is 5.92 Å². The van der Waals surface area contributed by atoms with E-state index in [-0.39, 0.29) is 10.8 Å². The van der Waals surface area contributed by atoms with E-state index >= 15 is 0 Å². The van der Waals surface area contributed by atoms with Crippen molar-refractivity contribution < 1.29 is 8.42 Å². The van der Waals surface area contributed by atoms with Crippen molar-refractivity contribution in [2.45, 2.75) is 24.8 Å². The summed E-state index contributed by atoms with van der Waals surface area (Å²) in [4.78, 5) is 0.114. The first kappa shape index (κ1) is 17.0. The number of sulfonamides is 1. The van der Waals surface area contributed by atoms with Crippen molar-refractivity contribution in [2.24, 2.45) is 5.92 Å². The summed E-state index contributed by atoms with van der Waals surface area (Å²) in [6.07, 6.45) is 1.82. The third-order valence-corrected chi connectivity index (χ3v) is 6.12. The minimum absolute atomic E-state index is 0.0369. The van der Waals surface area contributed by atoms with Crippen molar-refractivity contribution in [3.05, 3.63) is 48.4 Å². The van der Waals surface area contributed by atoms with E-state index < -0.39 is 16.1 Å². The number of aromatic nitrogens is 5. The zero-order valence-electron chi connectivity index (χ0n) is 14.1. The molecule has 0 spiro atoms. The first-order valence-electron chi connectivity index (χ1n) is 8.00. The van der Waals surface area contributed by atoms with Gasteiger partial charge in [0.15, 0.2) is 11.5 Å². The van der Waals surface area contributed by atoms with Gasteiger partial charge in [-0.2, -0.15) is 8.75 Å². The molecule has 0 amide bonds. The Bertz CT molecular complexity index is 1180. The number of benzene rings is 1. The fraction of sp³-hybridized carbons (Fsp3) is 0.250. The lowest BCUT2D eigenvalue weighted by Crippen LogP contribution is -2.33. The van der Waals surface area contributed by atoms with Gasteiger partial charge in [-0.25, -0.2) is 13.1 Å². The quantitative estimate of drug-likeness (QED) is 0.563. The SMILES string of the molecule is CC(C)C(NS(=O)(=O)c1cccc2nsnc12)c1nnc2ccccn12. The molecule has 0 saturated heterocycles. The molecule has 0 radical (unpaired) electrons. The molecule has 134 valence electrons. The molecule has 10 heteroatoms. The lowest BCUT2D eigenvalue weighted by molar-refractivity contribution is 0.441. The van der Waals surface area contributed by atoms with Gasteiger partial charge in [0.25, 0.3) is 0 Å². The lowest BCUT2D eigenvalue weighted by atomic mass is 10.1. The van der Waals surface area contributed by atoms with Crippen LogP contribution in [0.25, 0.3) is 16.7 Å². The topological polar surface area (TPSA) is 102 Å². The van der Waals surface area contributed by atoms with E-state index in [9.17, 15) is 8.42 Å². The molecule has 1 unspecified atom stereocenters. The van der Waals surface area contributed by atoms with Gasteiger partial charge in [0.05, 0.1) is 17.8 Å². The van der Waals surface area contributed by atoms with E-state index in [0.29, 0.717) is 22.5 Å². The van der Waals surface area contributed by atoms with Gasteiger partial charge in [0.1, 0.15) is 15.9 Å². The van der Waals surface area contributed by atoms with Gasteiger partial charge >= 0.3 is 0 Å². The van der Waals surface area contributed by atoms with Crippen molar-refractivity contribution >= 4 is 38.4 Å². The Hall–Kier alpha value is -2.43. The van der Waals surface area contributed by atoms with Crippen molar-refractivity contribution in [1.82, 2.24) is 28.1 Å². The molecule has 0 aliphatic carbocycles. The molecule has 4 aromatic rings. The summed E-state index contributed by atoms with van der Waals surface area (Å²) < 4.78 is 38.9. The molecule has 0 bridgehead atoms. The largest absolute Gasteiger partial charge is 0.285 e. The summed E-state index contributed by atoms with van der Waals surface area (Å²) in [5.74, 6) is 0.507. The van der Waals surface area contributed by atoms with Crippen LogP contribution in [-0.2, 0) is 10.0 Å². The van der Waals surface area contributed by atoms with E-state index in [1.54, 1.807) is 16.5 Å². The second-order valence-corrected chi connectivity index (χ2v) is 8.43. The van der Waals surface area contributed by atoms with E-state index in [4.69, 9.17) is 0 Å². The van der Waals surface area contributed by atoms with Crippen molar-refractivity contribution in [3.63, 3.8) is 0 Å².